The zero-order valence-corrected chi connectivity index (χ0v) is 20.3. The van der Waals surface area contributed by atoms with Crippen LogP contribution < -0.4 is 4.74 Å². The molecule has 3 aliphatic heterocycles. The van der Waals surface area contributed by atoms with E-state index in [9.17, 15) is 4.79 Å². The lowest BCUT2D eigenvalue weighted by molar-refractivity contribution is -0.186. The number of hydrogen-bond acceptors (Lipinski definition) is 6. The Kier molecular flexibility index (Phi) is 6.42. The topological polar surface area (TPSA) is 63.6 Å². The average Bonchev–Trinajstić information content (AvgIpc) is 3.50. The fourth-order valence-electron chi connectivity index (χ4n) is 5.23. The lowest BCUT2D eigenvalue weighted by Crippen LogP contribution is -2.48. The summed E-state index contributed by atoms with van der Waals surface area (Å²) in [6.07, 6.45) is 2.22. The van der Waals surface area contributed by atoms with Gasteiger partial charge >= 0.3 is 0 Å². The summed E-state index contributed by atoms with van der Waals surface area (Å²) in [5.74, 6) is 0.333. The number of carbonyl (C=O) groups excluding carboxylic acids is 1. The van der Waals surface area contributed by atoms with Crippen molar-refractivity contribution in [1.29, 1.82) is 0 Å². The zero-order chi connectivity index (χ0) is 23.7. The molecule has 0 saturated carbocycles. The van der Waals surface area contributed by atoms with Gasteiger partial charge in [0.15, 0.2) is 5.79 Å². The molecule has 1 atom stereocenters. The summed E-state index contributed by atoms with van der Waals surface area (Å²) in [5.41, 5.74) is 5.37. The van der Waals surface area contributed by atoms with Crippen molar-refractivity contribution in [3.05, 3.63) is 64.7 Å². The van der Waals surface area contributed by atoms with E-state index in [4.69, 9.17) is 19.3 Å². The van der Waals surface area contributed by atoms with Crippen molar-refractivity contribution < 1.29 is 19.0 Å². The van der Waals surface area contributed by atoms with Crippen LogP contribution in [0.1, 0.15) is 47.6 Å². The number of methoxy groups -OCH3 is 1. The molecule has 1 spiro atoms. The Labute approximate surface area is 201 Å². The van der Waals surface area contributed by atoms with E-state index in [0.717, 1.165) is 54.1 Å². The SMILES string of the molecule is COc1ccccc1[C@@H]1CC(c2cc(C)ccc2C)=NN1C(=O)CN1CCC2(CC1)OCCO2. The van der Waals surface area contributed by atoms with Gasteiger partial charge in [-0.1, -0.05) is 35.9 Å². The zero-order valence-electron chi connectivity index (χ0n) is 20.3. The first kappa shape index (κ1) is 23.0. The van der Waals surface area contributed by atoms with Crippen molar-refractivity contribution in [3.8, 4) is 5.75 Å². The molecule has 2 fully saturated rings. The van der Waals surface area contributed by atoms with Crippen molar-refractivity contribution in [2.24, 2.45) is 5.10 Å². The number of hydrogen-bond donors (Lipinski definition) is 0. The number of nitrogens with zero attached hydrogens (tertiary/aromatic N) is 3. The molecule has 0 N–H and O–H groups in total. The number of para-hydroxylation sites is 1. The van der Waals surface area contributed by atoms with Crippen LogP contribution in [0.5, 0.6) is 5.75 Å². The molecule has 0 aliphatic carbocycles. The van der Waals surface area contributed by atoms with E-state index < -0.39 is 5.79 Å². The maximum absolute atomic E-state index is 13.6. The molecule has 3 heterocycles. The van der Waals surface area contributed by atoms with Crippen LogP contribution in [0.3, 0.4) is 0 Å². The molecule has 0 aromatic heterocycles. The van der Waals surface area contributed by atoms with Gasteiger partial charge in [-0.2, -0.15) is 5.10 Å². The standard InChI is InChI=1S/C27H33N3O4/c1-19-8-9-20(2)22(16-19)23-17-24(21-6-4-5-7-25(21)32-3)30(28-23)26(31)18-29-12-10-27(11-13-29)33-14-15-34-27/h4-9,16,24H,10-15,17-18H2,1-3H3/t24-/m0/s1. The number of carbonyl (C=O) groups is 1. The van der Waals surface area contributed by atoms with Crippen LogP contribution in [0, 0.1) is 13.8 Å². The minimum Gasteiger partial charge on any atom is -0.496 e. The molecule has 2 aromatic carbocycles. The molecule has 34 heavy (non-hydrogen) atoms. The maximum atomic E-state index is 13.6. The third kappa shape index (κ3) is 4.48. The third-order valence-electron chi connectivity index (χ3n) is 7.16. The van der Waals surface area contributed by atoms with E-state index >= 15 is 0 Å². The van der Waals surface area contributed by atoms with E-state index in [0.29, 0.717) is 26.2 Å². The molecule has 3 aliphatic rings. The lowest BCUT2D eigenvalue weighted by atomic mass is 9.94. The van der Waals surface area contributed by atoms with E-state index in [1.54, 1.807) is 12.1 Å². The van der Waals surface area contributed by atoms with Gasteiger partial charge in [-0.25, -0.2) is 5.01 Å². The van der Waals surface area contributed by atoms with Gasteiger partial charge in [0.25, 0.3) is 5.91 Å². The number of rotatable bonds is 5. The van der Waals surface area contributed by atoms with Crippen LogP contribution in [-0.2, 0) is 14.3 Å². The van der Waals surface area contributed by atoms with Crippen LogP contribution in [0.2, 0.25) is 0 Å². The highest BCUT2D eigenvalue weighted by Gasteiger charge is 2.41. The molecule has 0 unspecified atom stereocenters. The Morgan fingerprint density at radius 2 is 1.85 bits per heavy atom. The van der Waals surface area contributed by atoms with E-state index in [1.165, 1.54) is 5.56 Å². The third-order valence-corrected chi connectivity index (χ3v) is 7.16. The summed E-state index contributed by atoms with van der Waals surface area (Å²) in [7, 11) is 1.67. The molecule has 1 amide bonds. The monoisotopic (exact) mass is 463 g/mol. The lowest BCUT2D eigenvalue weighted by Gasteiger charge is -2.37. The Morgan fingerprint density at radius 3 is 2.59 bits per heavy atom. The van der Waals surface area contributed by atoms with Crippen LogP contribution in [0.25, 0.3) is 0 Å². The number of aryl methyl sites for hydroxylation is 2. The van der Waals surface area contributed by atoms with Crippen molar-refractivity contribution in [2.75, 3.05) is 40.0 Å². The predicted octanol–water partition coefficient (Wildman–Crippen LogP) is 3.83. The van der Waals surface area contributed by atoms with Gasteiger partial charge in [-0.3, -0.25) is 9.69 Å². The summed E-state index contributed by atoms with van der Waals surface area (Å²) >= 11 is 0. The molecule has 7 nitrogen and oxygen atoms in total. The van der Waals surface area contributed by atoms with Gasteiger partial charge in [0.1, 0.15) is 5.75 Å². The van der Waals surface area contributed by atoms with Crippen molar-refractivity contribution in [2.45, 2.75) is 44.9 Å². The summed E-state index contributed by atoms with van der Waals surface area (Å²) in [5, 5.41) is 6.58. The molecule has 2 saturated heterocycles. The molecular formula is C27H33N3O4. The van der Waals surface area contributed by atoms with Crippen molar-refractivity contribution in [1.82, 2.24) is 9.91 Å². The number of hydrazone groups is 1. The number of benzene rings is 2. The molecule has 0 radical (unpaired) electrons. The summed E-state index contributed by atoms with van der Waals surface area (Å²) < 4.78 is 17.3. The van der Waals surface area contributed by atoms with Crippen LogP contribution in [-0.4, -0.2) is 67.3 Å². The highest BCUT2D eigenvalue weighted by atomic mass is 16.7. The first-order valence-corrected chi connectivity index (χ1v) is 12.1. The number of piperidine rings is 1. The Morgan fingerprint density at radius 1 is 1.12 bits per heavy atom. The average molecular weight is 464 g/mol. The second-order valence-electron chi connectivity index (χ2n) is 9.45. The van der Waals surface area contributed by atoms with Crippen LogP contribution in [0.4, 0.5) is 0 Å². The minimum absolute atomic E-state index is 0.000390. The first-order chi connectivity index (χ1) is 16.5. The Bertz CT molecular complexity index is 1080. The quantitative estimate of drug-likeness (QED) is 0.675. The summed E-state index contributed by atoms with van der Waals surface area (Å²) in [4.78, 5) is 15.8. The molecular weight excluding hydrogens is 430 g/mol. The number of amides is 1. The fraction of sp³-hybridized carbons (Fsp3) is 0.481. The van der Waals surface area contributed by atoms with Gasteiger partial charge in [-0.05, 0) is 31.5 Å². The van der Waals surface area contributed by atoms with Crippen molar-refractivity contribution >= 4 is 11.6 Å². The molecule has 2 aromatic rings. The summed E-state index contributed by atoms with van der Waals surface area (Å²) in [6.45, 7) is 7.35. The molecule has 180 valence electrons. The Balaban J connectivity index is 1.39. The second-order valence-corrected chi connectivity index (χ2v) is 9.45. The first-order valence-electron chi connectivity index (χ1n) is 12.1. The van der Waals surface area contributed by atoms with Crippen molar-refractivity contribution in [3.63, 3.8) is 0 Å². The van der Waals surface area contributed by atoms with Gasteiger partial charge in [-0.15, -0.1) is 0 Å². The highest BCUT2D eigenvalue weighted by molar-refractivity contribution is 6.04. The van der Waals surface area contributed by atoms with Gasteiger partial charge < -0.3 is 14.2 Å². The minimum atomic E-state index is -0.443. The highest BCUT2D eigenvalue weighted by Crippen LogP contribution is 2.38. The number of ether oxygens (including phenoxy) is 3. The van der Waals surface area contributed by atoms with Gasteiger partial charge in [0.2, 0.25) is 0 Å². The predicted molar refractivity (Wildman–Crippen MR) is 130 cm³/mol. The smallest absolute Gasteiger partial charge is 0.257 e. The Hall–Kier alpha value is -2.74. The number of likely N-dealkylation sites (tertiary alicyclic amines) is 1. The normalized spacial score (nSPS) is 22.3. The molecule has 5 rings (SSSR count). The van der Waals surface area contributed by atoms with Gasteiger partial charge in [0, 0.05) is 43.5 Å². The largest absolute Gasteiger partial charge is 0.496 e. The van der Waals surface area contributed by atoms with Crippen LogP contribution in [0.15, 0.2) is 47.6 Å². The maximum Gasteiger partial charge on any atom is 0.257 e. The van der Waals surface area contributed by atoms with E-state index in [-0.39, 0.29) is 11.9 Å². The molecule has 7 heteroatoms. The van der Waals surface area contributed by atoms with E-state index in [1.807, 2.05) is 24.3 Å². The molecule has 0 bridgehead atoms. The fourth-order valence-corrected chi connectivity index (χ4v) is 5.23. The van der Waals surface area contributed by atoms with Gasteiger partial charge in [0.05, 0.1) is 38.6 Å². The summed E-state index contributed by atoms with van der Waals surface area (Å²) in [6, 6.07) is 14.1. The van der Waals surface area contributed by atoms with Crippen LogP contribution >= 0.6 is 0 Å². The second kappa shape index (κ2) is 9.49. The van der Waals surface area contributed by atoms with E-state index in [2.05, 4.69) is 36.9 Å².